The Balaban J connectivity index is 1.71. The van der Waals surface area contributed by atoms with Gasteiger partial charge < -0.3 is 10.6 Å². The third kappa shape index (κ3) is 4.98. The molecule has 2 N–H and O–H groups in total. The van der Waals surface area contributed by atoms with Crippen molar-refractivity contribution >= 4 is 11.4 Å². The summed E-state index contributed by atoms with van der Waals surface area (Å²) in [4.78, 5) is 0. The van der Waals surface area contributed by atoms with Gasteiger partial charge in [0.25, 0.3) is 0 Å². The molecule has 156 valence electrons. The zero-order valence-corrected chi connectivity index (χ0v) is 18.1. The van der Waals surface area contributed by atoms with Crippen LogP contribution >= 0.6 is 0 Å². The van der Waals surface area contributed by atoms with Crippen LogP contribution in [0.1, 0.15) is 38.8 Å². The lowest BCUT2D eigenvalue weighted by atomic mass is 9.86. The van der Waals surface area contributed by atoms with Gasteiger partial charge in [-0.15, -0.1) is 0 Å². The lowest BCUT2D eigenvalue weighted by molar-refractivity contribution is 0.428. The Morgan fingerprint density at radius 1 is 1.10 bits per heavy atom. The van der Waals surface area contributed by atoms with Gasteiger partial charge in [-0.1, -0.05) is 70.3 Å². The molecule has 0 aromatic heterocycles. The van der Waals surface area contributed by atoms with Gasteiger partial charge in [0.2, 0.25) is 0 Å². The Morgan fingerprint density at radius 3 is 2.37 bits per heavy atom. The van der Waals surface area contributed by atoms with E-state index in [-0.39, 0.29) is 11.2 Å². The van der Waals surface area contributed by atoms with E-state index >= 15 is 0 Å². The van der Waals surface area contributed by atoms with Crippen LogP contribution in [0.15, 0.2) is 90.1 Å². The predicted octanol–water partition coefficient (Wildman–Crippen LogP) is 5.73. The zero-order chi connectivity index (χ0) is 21.9. The highest BCUT2D eigenvalue weighted by molar-refractivity contribution is 5.98. The van der Waals surface area contributed by atoms with Crippen molar-refractivity contribution in [3.63, 3.8) is 0 Å². The van der Waals surface area contributed by atoms with Crippen LogP contribution in [0.3, 0.4) is 0 Å². The van der Waals surface area contributed by atoms with E-state index in [4.69, 9.17) is 5.10 Å². The van der Waals surface area contributed by atoms with Gasteiger partial charge in [-0.05, 0) is 41.7 Å². The number of benzene rings is 2. The number of hydrogen-bond donors (Lipinski definition) is 2. The summed E-state index contributed by atoms with van der Waals surface area (Å²) in [5, 5.41) is 12.7. The fraction of sp³-hybridized carbons (Fsp3) is 0.240. The van der Waals surface area contributed by atoms with Crippen LogP contribution in [0.4, 0.5) is 10.1 Å². The molecule has 0 aliphatic carbocycles. The molecule has 0 radical (unpaired) electrons. The predicted molar refractivity (Wildman–Crippen MR) is 124 cm³/mol. The Labute approximate surface area is 178 Å². The molecule has 4 nitrogen and oxygen atoms in total. The second-order valence-electron chi connectivity index (χ2n) is 8.39. The molecule has 1 heterocycles. The summed E-state index contributed by atoms with van der Waals surface area (Å²) in [6, 6.07) is 15.0. The molecule has 0 unspecified atom stereocenters. The number of para-hydroxylation sites is 1. The van der Waals surface area contributed by atoms with Crippen molar-refractivity contribution in [2.24, 2.45) is 5.10 Å². The molecular weight excluding hydrogens is 375 g/mol. The number of hydrazone groups is 1. The van der Waals surface area contributed by atoms with Crippen LogP contribution in [-0.2, 0) is 5.41 Å². The van der Waals surface area contributed by atoms with E-state index in [9.17, 15) is 4.39 Å². The van der Waals surface area contributed by atoms with E-state index in [1.54, 1.807) is 23.2 Å². The molecule has 5 heteroatoms. The number of anilines is 1. The molecule has 0 bridgehead atoms. The molecule has 0 atom stereocenters. The quantitative estimate of drug-likeness (QED) is 0.625. The van der Waals surface area contributed by atoms with E-state index in [0.717, 1.165) is 17.0 Å². The smallest absolute Gasteiger partial charge is 0.146 e. The first-order chi connectivity index (χ1) is 14.1. The number of nitrogens with zero attached hydrogens (tertiary/aromatic N) is 2. The molecule has 1 aliphatic rings. The average molecular weight is 405 g/mol. The molecule has 3 rings (SSSR count). The summed E-state index contributed by atoms with van der Waals surface area (Å²) < 4.78 is 13.8. The SMILES string of the molecule is C=C1C=C(CNc2ccccc2F)NC(=C)N1/N=C(\C)c1ccc(C(C)(C)C)cc1. The molecule has 0 saturated heterocycles. The maximum atomic E-state index is 13.8. The van der Waals surface area contributed by atoms with Crippen LogP contribution in [0, 0.1) is 5.82 Å². The van der Waals surface area contributed by atoms with Crippen LogP contribution in [0.5, 0.6) is 0 Å². The molecule has 2 aromatic carbocycles. The van der Waals surface area contributed by atoms with E-state index in [1.165, 1.54) is 11.6 Å². The van der Waals surface area contributed by atoms with Crippen molar-refractivity contribution in [2.75, 3.05) is 11.9 Å². The second-order valence-corrected chi connectivity index (χ2v) is 8.39. The van der Waals surface area contributed by atoms with E-state index in [1.807, 2.05) is 13.0 Å². The molecule has 0 fully saturated rings. The lowest BCUT2D eigenvalue weighted by Gasteiger charge is -2.29. The maximum Gasteiger partial charge on any atom is 0.146 e. The molecule has 0 spiro atoms. The second kappa shape index (κ2) is 8.57. The van der Waals surface area contributed by atoms with Crippen LogP contribution in [-0.4, -0.2) is 17.3 Å². The van der Waals surface area contributed by atoms with E-state index in [0.29, 0.717) is 23.8 Å². The Kier molecular flexibility index (Phi) is 6.11. The first-order valence-corrected chi connectivity index (χ1v) is 9.95. The normalized spacial score (nSPS) is 15.0. The summed E-state index contributed by atoms with van der Waals surface area (Å²) in [5.74, 6) is 0.310. The Morgan fingerprint density at radius 2 is 1.77 bits per heavy atom. The first-order valence-electron chi connectivity index (χ1n) is 9.95. The fourth-order valence-electron chi connectivity index (χ4n) is 3.14. The molecular formula is C25H29FN4. The van der Waals surface area contributed by atoms with Crippen LogP contribution < -0.4 is 10.6 Å². The van der Waals surface area contributed by atoms with Crippen LogP contribution in [0.2, 0.25) is 0 Å². The zero-order valence-electron chi connectivity index (χ0n) is 18.1. The number of halogens is 1. The largest absolute Gasteiger partial charge is 0.377 e. The Bertz CT molecular complexity index is 1010. The van der Waals surface area contributed by atoms with Crippen molar-refractivity contribution in [1.29, 1.82) is 0 Å². The maximum absolute atomic E-state index is 13.8. The highest BCUT2D eigenvalue weighted by Crippen LogP contribution is 2.24. The minimum Gasteiger partial charge on any atom is -0.377 e. The van der Waals surface area contributed by atoms with Gasteiger partial charge in [-0.2, -0.15) is 5.10 Å². The number of allylic oxidation sites excluding steroid dienone is 1. The van der Waals surface area contributed by atoms with Crippen molar-refractivity contribution in [2.45, 2.75) is 33.1 Å². The lowest BCUT2D eigenvalue weighted by Crippen LogP contribution is -2.33. The summed E-state index contributed by atoms with van der Waals surface area (Å²) in [7, 11) is 0. The standard InChI is InChI=1S/C25H29FN4/c1-17-15-22(16-27-24-10-8-7-9-23(24)26)28-19(3)30(17)29-18(2)20-11-13-21(14-12-20)25(4,5)6/h7-15,27-28H,1,3,16H2,2,4-6H3/b29-18+. The van der Waals surface area contributed by atoms with Gasteiger partial charge in [0.15, 0.2) is 0 Å². The van der Waals surface area contributed by atoms with Crippen molar-refractivity contribution in [3.8, 4) is 0 Å². The van der Waals surface area contributed by atoms with Gasteiger partial charge in [0, 0.05) is 5.70 Å². The van der Waals surface area contributed by atoms with Crippen molar-refractivity contribution < 1.29 is 4.39 Å². The molecule has 0 amide bonds. The third-order valence-corrected chi connectivity index (χ3v) is 4.94. The third-order valence-electron chi connectivity index (χ3n) is 4.94. The van der Waals surface area contributed by atoms with Gasteiger partial charge in [0.1, 0.15) is 11.6 Å². The van der Waals surface area contributed by atoms with Crippen molar-refractivity contribution in [1.82, 2.24) is 10.3 Å². The van der Waals surface area contributed by atoms with Gasteiger partial charge >= 0.3 is 0 Å². The topological polar surface area (TPSA) is 39.7 Å². The number of hydrogen-bond acceptors (Lipinski definition) is 4. The highest BCUT2D eigenvalue weighted by atomic mass is 19.1. The van der Waals surface area contributed by atoms with Gasteiger partial charge in [-0.3, -0.25) is 0 Å². The minimum absolute atomic E-state index is 0.112. The highest BCUT2D eigenvalue weighted by Gasteiger charge is 2.18. The molecule has 2 aromatic rings. The summed E-state index contributed by atoms with van der Waals surface area (Å²) >= 11 is 0. The van der Waals surface area contributed by atoms with Gasteiger partial charge in [-0.25, -0.2) is 9.40 Å². The summed E-state index contributed by atoms with van der Waals surface area (Å²) in [5.41, 5.74) is 5.27. The van der Waals surface area contributed by atoms with Crippen LogP contribution in [0.25, 0.3) is 0 Å². The summed E-state index contributed by atoms with van der Waals surface area (Å²) in [6.45, 7) is 17.1. The minimum atomic E-state index is -0.286. The molecule has 30 heavy (non-hydrogen) atoms. The number of nitrogens with one attached hydrogen (secondary N) is 2. The van der Waals surface area contributed by atoms with E-state index in [2.05, 4.69) is 68.8 Å². The molecule has 1 aliphatic heterocycles. The average Bonchev–Trinajstić information content (AvgIpc) is 2.69. The first kappa shape index (κ1) is 21.4. The number of rotatable bonds is 5. The monoisotopic (exact) mass is 404 g/mol. The molecule has 0 saturated carbocycles. The fourth-order valence-corrected chi connectivity index (χ4v) is 3.14. The van der Waals surface area contributed by atoms with Crippen molar-refractivity contribution in [3.05, 3.63) is 102 Å². The van der Waals surface area contributed by atoms with E-state index < -0.39 is 0 Å². The van der Waals surface area contributed by atoms with Gasteiger partial charge in [0.05, 0.1) is 23.6 Å². The Hall–Kier alpha value is -3.34. The summed E-state index contributed by atoms with van der Waals surface area (Å²) in [6.07, 6.45) is 1.88.